The standard InChI is InChI=1S/C11H21N3O/c1-4-11-10(7-14(3)13-11)6-12-5-9(2)8-15/h7,9,12,15H,4-6,8H2,1-3H3. The summed E-state index contributed by atoms with van der Waals surface area (Å²) in [6.45, 7) is 6.05. The zero-order valence-electron chi connectivity index (χ0n) is 9.82. The molecule has 86 valence electrons. The van der Waals surface area contributed by atoms with Gasteiger partial charge in [-0.2, -0.15) is 5.10 Å². The fourth-order valence-electron chi connectivity index (χ4n) is 1.55. The Bertz CT molecular complexity index is 296. The van der Waals surface area contributed by atoms with Crippen molar-refractivity contribution in [1.29, 1.82) is 0 Å². The quantitative estimate of drug-likeness (QED) is 0.728. The van der Waals surface area contributed by atoms with Crippen LogP contribution in [0, 0.1) is 5.92 Å². The zero-order chi connectivity index (χ0) is 11.3. The molecule has 0 saturated heterocycles. The molecule has 0 amide bonds. The van der Waals surface area contributed by atoms with Gasteiger partial charge >= 0.3 is 0 Å². The van der Waals surface area contributed by atoms with Crippen LogP contribution in [0.15, 0.2) is 6.20 Å². The highest BCUT2D eigenvalue weighted by Crippen LogP contribution is 2.06. The van der Waals surface area contributed by atoms with Crippen molar-refractivity contribution in [3.63, 3.8) is 0 Å². The van der Waals surface area contributed by atoms with Crippen molar-refractivity contribution in [3.05, 3.63) is 17.5 Å². The molecule has 1 aromatic heterocycles. The summed E-state index contributed by atoms with van der Waals surface area (Å²) in [5.74, 6) is 0.312. The predicted molar refractivity (Wildman–Crippen MR) is 60.5 cm³/mol. The topological polar surface area (TPSA) is 50.1 Å². The highest BCUT2D eigenvalue weighted by atomic mass is 16.3. The summed E-state index contributed by atoms with van der Waals surface area (Å²) in [7, 11) is 1.94. The molecule has 0 spiro atoms. The van der Waals surface area contributed by atoms with Crippen LogP contribution in [0.25, 0.3) is 0 Å². The first kappa shape index (κ1) is 12.2. The molecule has 0 aliphatic heterocycles. The van der Waals surface area contributed by atoms with Crippen LogP contribution < -0.4 is 5.32 Å². The van der Waals surface area contributed by atoms with E-state index in [1.165, 1.54) is 5.56 Å². The van der Waals surface area contributed by atoms with Crippen molar-refractivity contribution < 1.29 is 5.11 Å². The number of hydrogen-bond donors (Lipinski definition) is 2. The smallest absolute Gasteiger partial charge is 0.0666 e. The molecule has 1 unspecified atom stereocenters. The van der Waals surface area contributed by atoms with Crippen LogP contribution in [-0.2, 0) is 20.0 Å². The van der Waals surface area contributed by atoms with E-state index in [2.05, 4.69) is 23.5 Å². The van der Waals surface area contributed by atoms with Gasteiger partial charge in [-0.1, -0.05) is 13.8 Å². The number of aliphatic hydroxyl groups is 1. The Kier molecular flexibility index (Phi) is 4.78. The van der Waals surface area contributed by atoms with Crippen molar-refractivity contribution in [2.45, 2.75) is 26.8 Å². The zero-order valence-corrected chi connectivity index (χ0v) is 9.82. The molecule has 1 atom stereocenters. The maximum Gasteiger partial charge on any atom is 0.0666 e. The van der Waals surface area contributed by atoms with E-state index in [9.17, 15) is 0 Å². The Morgan fingerprint density at radius 1 is 1.60 bits per heavy atom. The van der Waals surface area contributed by atoms with Gasteiger partial charge in [0.15, 0.2) is 0 Å². The van der Waals surface area contributed by atoms with Crippen molar-refractivity contribution in [1.82, 2.24) is 15.1 Å². The van der Waals surface area contributed by atoms with Crippen molar-refractivity contribution in [2.75, 3.05) is 13.2 Å². The molecule has 0 aliphatic carbocycles. The Hall–Kier alpha value is -0.870. The third kappa shape index (κ3) is 3.64. The van der Waals surface area contributed by atoms with Crippen LogP contribution in [0.5, 0.6) is 0 Å². The van der Waals surface area contributed by atoms with Gasteiger partial charge in [0.05, 0.1) is 5.69 Å². The van der Waals surface area contributed by atoms with E-state index < -0.39 is 0 Å². The van der Waals surface area contributed by atoms with Gasteiger partial charge < -0.3 is 10.4 Å². The van der Waals surface area contributed by atoms with Crippen LogP contribution in [0.2, 0.25) is 0 Å². The molecule has 0 radical (unpaired) electrons. The second kappa shape index (κ2) is 5.88. The Morgan fingerprint density at radius 2 is 2.33 bits per heavy atom. The van der Waals surface area contributed by atoms with Gasteiger partial charge in [0, 0.05) is 38.5 Å². The summed E-state index contributed by atoms with van der Waals surface area (Å²) in [5.41, 5.74) is 2.41. The van der Waals surface area contributed by atoms with Crippen LogP contribution in [0.1, 0.15) is 25.1 Å². The maximum absolute atomic E-state index is 8.88. The summed E-state index contributed by atoms with van der Waals surface area (Å²) >= 11 is 0. The van der Waals surface area contributed by atoms with E-state index in [0.717, 1.165) is 25.2 Å². The van der Waals surface area contributed by atoms with Crippen molar-refractivity contribution >= 4 is 0 Å². The van der Waals surface area contributed by atoms with Gasteiger partial charge in [-0.05, 0) is 12.3 Å². The molecule has 0 aliphatic rings. The third-order valence-electron chi connectivity index (χ3n) is 2.45. The average molecular weight is 211 g/mol. The number of aryl methyl sites for hydroxylation is 2. The Labute approximate surface area is 91.3 Å². The molecule has 0 saturated carbocycles. The van der Waals surface area contributed by atoms with Crippen LogP contribution in [0.4, 0.5) is 0 Å². The first-order valence-corrected chi connectivity index (χ1v) is 5.50. The van der Waals surface area contributed by atoms with E-state index >= 15 is 0 Å². The molecule has 4 nitrogen and oxygen atoms in total. The van der Waals surface area contributed by atoms with Gasteiger partial charge in [-0.3, -0.25) is 4.68 Å². The summed E-state index contributed by atoms with van der Waals surface area (Å²) in [6.07, 6.45) is 3.02. The van der Waals surface area contributed by atoms with Crippen LogP contribution >= 0.6 is 0 Å². The summed E-state index contributed by atoms with van der Waals surface area (Å²) in [5, 5.41) is 16.6. The van der Waals surface area contributed by atoms with Crippen molar-refractivity contribution in [2.24, 2.45) is 13.0 Å². The molecular formula is C11H21N3O. The Morgan fingerprint density at radius 3 is 2.93 bits per heavy atom. The molecule has 0 bridgehead atoms. The lowest BCUT2D eigenvalue weighted by Gasteiger charge is -2.08. The number of aromatic nitrogens is 2. The summed E-state index contributed by atoms with van der Waals surface area (Å²) in [6, 6.07) is 0. The van der Waals surface area contributed by atoms with Gasteiger partial charge in [0.25, 0.3) is 0 Å². The molecule has 1 rings (SSSR count). The van der Waals surface area contributed by atoms with E-state index in [0.29, 0.717) is 5.92 Å². The van der Waals surface area contributed by atoms with Crippen molar-refractivity contribution in [3.8, 4) is 0 Å². The molecule has 4 heteroatoms. The fourth-order valence-corrected chi connectivity index (χ4v) is 1.55. The maximum atomic E-state index is 8.88. The minimum atomic E-state index is 0.237. The minimum Gasteiger partial charge on any atom is -0.396 e. The monoisotopic (exact) mass is 211 g/mol. The van der Waals surface area contributed by atoms with E-state index in [4.69, 9.17) is 5.11 Å². The third-order valence-corrected chi connectivity index (χ3v) is 2.45. The molecular weight excluding hydrogens is 190 g/mol. The first-order chi connectivity index (χ1) is 7.17. The molecule has 0 fully saturated rings. The highest BCUT2D eigenvalue weighted by molar-refractivity contribution is 5.16. The van der Waals surface area contributed by atoms with E-state index in [1.54, 1.807) is 0 Å². The molecule has 1 aromatic rings. The summed E-state index contributed by atoms with van der Waals surface area (Å²) in [4.78, 5) is 0. The van der Waals surface area contributed by atoms with Crippen LogP contribution in [0.3, 0.4) is 0 Å². The summed E-state index contributed by atoms with van der Waals surface area (Å²) < 4.78 is 1.85. The van der Waals surface area contributed by atoms with Gasteiger partial charge in [0.2, 0.25) is 0 Å². The molecule has 15 heavy (non-hydrogen) atoms. The second-order valence-electron chi connectivity index (χ2n) is 4.05. The highest BCUT2D eigenvalue weighted by Gasteiger charge is 2.05. The average Bonchev–Trinajstić information content (AvgIpc) is 2.58. The van der Waals surface area contributed by atoms with Gasteiger partial charge in [-0.25, -0.2) is 0 Å². The predicted octanol–water partition coefficient (Wildman–Crippen LogP) is 0.701. The largest absolute Gasteiger partial charge is 0.396 e. The fraction of sp³-hybridized carbons (Fsp3) is 0.727. The number of aliphatic hydroxyl groups excluding tert-OH is 1. The van der Waals surface area contributed by atoms with E-state index in [1.807, 2.05) is 18.7 Å². The lowest BCUT2D eigenvalue weighted by molar-refractivity contribution is 0.233. The molecule has 1 heterocycles. The first-order valence-electron chi connectivity index (χ1n) is 5.50. The molecule has 0 aromatic carbocycles. The Balaban J connectivity index is 2.42. The SMILES string of the molecule is CCc1nn(C)cc1CNCC(C)CO. The lowest BCUT2D eigenvalue weighted by atomic mass is 10.2. The normalized spacial score (nSPS) is 13.1. The number of nitrogens with one attached hydrogen (secondary N) is 1. The van der Waals surface area contributed by atoms with E-state index in [-0.39, 0.29) is 6.61 Å². The molecule has 2 N–H and O–H groups in total. The minimum absolute atomic E-state index is 0.237. The second-order valence-corrected chi connectivity index (χ2v) is 4.05. The van der Waals surface area contributed by atoms with Crippen LogP contribution in [-0.4, -0.2) is 28.0 Å². The number of nitrogens with zero attached hydrogens (tertiary/aromatic N) is 2. The number of hydrogen-bond acceptors (Lipinski definition) is 3. The number of rotatable bonds is 6. The van der Waals surface area contributed by atoms with Gasteiger partial charge in [-0.15, -0.1) is 0 Å². The van der Waals surface area contributed by atoms with Gasteiger partial charge in [0.1, 0.15) is 0 Å². The lowest BCUT2D eigenvalue weighted by Crippen LogP contribution is -2.23.